The normalized spacial score (nSPS) is 36.9. The van der Waals surface area contributed by atoms with E-state index in [0.717, 1.165) is 19.3 Å². The van der Waals surface area contributed by atoms with Crippen molar-refractivity contribution in [2.75, 3.05) is 6.61 Å². The summed E-state index contributed by atoms with van der Waals surface area (Å²) in [5, 5.41) is 0. The molecule has 90 valence electrons. The predicted molar refractivity (Wildman–Crippen MR) is 65.6 cm³/mol. The Balaban J connectivity index is 1.84. The summed E-state index contributed by atoms with van der Waals surface area (Å²) in [4.78, 5) is 12.1. The molecule has 3 atom stereocenters. The van der Waals surface area contributed by atoms with Crippen molar-refractivity contribution in [1.29, 1.82) is 0 Å². The van der Waals surface area contributed by atoms with Crippen LogP contribution in [0.5, 0.6) is 0 Å². The molecule has 17 heavy (non-hydrogen) atoms. The zero-order valence-corrected chi connectivity index (χ0v) is 10.2. The third kappa shape index (κ3) is 1.62. The summed E-state index contributed by atoms with van der Waals surface area (Å²) in [7, 11) is 0. The summed E-state index contributed by atoms with van der Waals surface area (Å²) in [6, 6.07) is 10.3. The first-order chi connectivity index (χ1) is 8.22. The number of ketones is 1. The molecule has 0 bridgehead atoms. The zero-order chi connectivity index (χ0) is 11.9. The number of Topliss-reactive ketones (excluding diaryl/α,β-unsaturated/α-hetero) is 1. The minimum absolute atomic E-state index is 0.112. The Bertz CT molecular complexity index is 426. The fraction of sp³-hybridized carbons (Fsp3) is 0.533. The molecule has 3 rings (SSSR count). The largest absolute Gasteiger partial charge is 0.372 e. The second kappa shape index (κ2) is 3.95. The van der Waals surface area contributed by atoms with E-state index < -0.39 is 0 Å². The summed E-state index contributed by atoms with van der Waals surface area (Å²) >= 11 is 0. The third-order valence-electron chi connectivity index (χ3n) is 4.57. The molecule has 0 amide bonds. The van der Waals surface area contributed by atoms with E-state index in [0.29, 0.717) is 18.3 Å². The Morgan fingerprint density at radius 3 is 2.71 bits per heavy atom. The predicted octanol–water partition coefficient (Wildman–Crippen LogP) is 3.13. The zero-order valence-electron chi connectivity index (χ0n) is 10.2. The average Bonchev–Trinajstić information content (AvgIpc) is 2.92. The minimum Gasteiger partial charge on any atom is -0.372 e. The number of rotatable bonds is 1. The van der Waals surface area contributed by atoms with Gasteiger partial charge in [0, 0.05) is 6.42 Å². The quantitative estimate of drug-likeness (QED) is 0.741. The Hall–Kier alpha value is -1.15. The van der Waals surface area contributed by atoms with Crippen molar-refractivity contribution in [2.45, 2.75) is 32.3 Å². The lowest BCUT2D eigenvalue weighted by Crippen LogP contribution is -2.31. The van der Waals surface area contributed by atoms with Gasteiger partial charge in [-0.15, -0.1) is 0 Å². The highest BCUT2D eigenvalue weighted by Crippen LogP contribution is 2.51. The van der Waals surface area contributed by atoms with Crippen molar-refractivity contribution in [3.8, 4) is 0 Å². The number of hydrogen-bond donors (Lipinski definition) is 0. The van der Waals surface area contributed by atoms with Gasteiger partial charge in [-0.25, -0.2) is 0 Å². The lowest BCUT2D eigenvalue weighted by atomic mass is 9.75. The molecule has 2 aliphatic rings. The van der Waals surface area contributed by atoms with E-state index >= 15 is 0 Å². The molecule has 1 spiro atoms. The van der Waals surface area contributed by atoms with Gasteiger partial charge in [-0.05, 0) is 24.3 Å². The van der Waals surface area contributed by atoms with Gasteiger partial charge in [0.05, 0.1) is 18.1 Å². The number of carbonyl (C=O) groups excluding carboxylic acids is 1. The molecule has 1 aromatic rings. The maximum atomic E-state index is 12.1. The summed E-state index contributed by atoms with van der Waals surface area (Å²) in [5.74, 6) is 0.896. The highest BCUT2D eigenvalue weighted by Gasteiger charge is 2.52. The molecule has 2 nitrogen and oxygen atoms in total. The van der Waals surface area contributed by atoms with E-state index in [1.54, 1.807) is 0 Å². The van der Waals surface area contributed by atoms with Crippen LogP contribution in [0, 0.1) is 11.3 Å². The van der Waals surface area contributed by atoms with Crippen LogP contribution >= 0.6 is 0 Å². The summed E-state index contributed by atoms with van der Waals surface area (Å²) < 4.78 is 5.90. The average molecular weight is 230 g/mol. The summed E-state index contributed by atoms with van der Waals surface area (Å²) in [5.41, 5.74) is 1.02. The third-order valence-corrected chi connectivity index (χ3v) is 4.57. The molecule has 0 radical (unpaired) electrons. The van der Waals surface area contributed by atoms with Crippen LogP contribution in [0.25, 0.3) is 0 Å². The van der Waals surface area contributed by atoms with Gasteiger partial charge in [0.25, 0.3) is 0 Å². The van der Waals surface area contributed by atoms with Crippen molar-refractivity contribution in [3.05, 3.63) is 35.9 Å². The van der Waals surface area contributed by atoms with Crippen LogP contribution in [-0.4, -0.2) is 12.4 Å². The first kappa shape index (κ1) is 11.0. The highest BCUT2D eigenvalue weighted by molar-refractivity contribution is 5.87. The number of benzene rings is 1. The van der Waals surface area contributed by atoms with E-state index in [9.17, 15) is 4.79 Å². The molecule has 1 saturated heterocycles. The van der Waals surface area contributed by atoms with Gasteiger partial charge in [-0.2, -0.15) is 0 Å². The van der Waals surface area contributed by atoms with E-state index in [1.807, 2.05) is 18.2 Å². The molecule has 1 aliphatic carbocycles. The first-order valence-electron chi connectivity index (χ1n) is 6.42. The van der Waals surface area contributed by atoms with Crippen LogP contribution in [0.2, 0.25) is 0 Å². The van der Waals surface area contributed by atoms with Gasteiger partial charge in [-0.1, -0.05) is 37.3 Å². The van der Waals surface area contributed by atoms with Crippen LogP contribution in [0.3, 0.4) is 0 Å². The lowest BCUT2D eigenvalue weighted by Gasteiger charge is -2.24. The van der Waals surface area contributed by atoms with Crippen molar-refractivity contribution in [3.63, 3.8) is 0 Å². The molecule has 2 fully saturated rings. The first-order valence-corrected chi connectivity index (χ1v) is 6.42. The Labute approximate surface area is 102 Å². The summed E-state index contributed by atoms with van der Waals surface area (Å²) in [6.45, 7) is 2.81. The van der Waals surface area contributed by atoms with Crippen molar-refractivity contribution in [2.24, 2.45) is 11.3 Å². The number of ether oxygens (including phenoxy) is 1. The Morgan fingerprint density at radius 2 is 2.06 bits per heavy atom. The van der Waals surface area contributed by atoms with Crippen LogP contribution in [0.1, 0.15) is 37.9 Å². The standard InChI is InChI=1S/C15H18O2/c1-11-7-8-14(16)15(11)9-13(17-10-15)12-5-3-2-4-6-12/h2-6,11,13H,7-10H2,1H3/t11?,13-,15+/m0/s1. The second-order valence-corrected chi connectivity index (χ2v) is 5.43. The molecular formula is C15H18O2. The van der Waals surface area contributed by atoms with E-state index in [1.165, 1.54) is 5.56 Å². The molecular weight excluding hydrogens is 212 g/mol. The fourth-order valence-corrected chi connectivity index (χ4v) is 3.27. The molecule has 1 aliphatic heterocycles. The maximum absolute atomic E-state index is 12.1. The van der Waals surface area contributed by atoms with Crippen LogP contribution in [-0.2, 0) is 9.53 Å². The van der Waals surface area contributed by atoms with Gasteiger partial charge >= 0.3 is 0 Å². The van der Waals surface area contributed by atoms with Gasteiger partial charge in [-0.3, -0.25) is 4.79 Å². The molecule has 1 heterocycles. The topological polar surface area (TPSA) is 26.3 Å². The number of carbonyl (C=O) groups is 1. The SMILES string of the molecule is CC1CCC(=O)[C@]12CO[C@H](c1ccccc1)C2. The van der Waals surface area contributed by atoms with Crippen LogP contribution < -0.4 is 0 Å². The Kier molecular flexibility index (Phi) is 2.55. The molecule has 0 aromatic heterocycles. The number of hydrogen-bond acceptors (Lipinski definition) is 2. The summed E-state index contributed by atoms with van der Waals surface area (Å²) in [6.07, 6.45) is 2.76. The maximum Gasteiger partial charge on any atom is 0.141 e. The fourth-order valence-electron chi connectivity index (χ4n) is 3.27. The second-order valence-electron chi connectivity index (χ2n) is 5.43. The van der Waals surface area contributed by atoms with Crippen LogP contribution in [0.4, 0.5) is 0 Å². The van der Waals surface area contributed by atoms with Gasteiger partial charge in [0.1, 0.15) is 5.78 Å². The molecule has 1 unspecified atom stereocenters. The van der Waals surface area contributed by atoms with E-state index in [-0.39, 0.29) is 11.5 Å². The van der Waals surface area contributed by atoms with E-state index in [4.69, 9.17) is 4.74 Å². The van der Waals surface area contributed by atoms with Crippen LogP contribution in [0.15, 0.2) is 30.3 Å². The molecule has 1 saturated carbocycles. The molecule has 0 N–H and O–H groups in total. The van der Waals surface area contributed by atoms with Gasteiger partial charge in [0.2, 0.25) is 0 Å². The van der Waals surface area contributed by atoms with Crippen molar-refractivity contribution < 1.29 is 9.53 Å². The smallest absolute Gasteiger partial charge is 0.141 e. The monoisotopic (exact) mass is 230 g/mol. The van der Waals surface area contributed by atoms with Gasteiger partial charge in [0.15, 0.2) is 0 Å². The Morgan fingerprint density at radius 1 is 1.29 bits per heavy atom. The van der Waals surface area contributed by atoms with Gasteiger partial charge < -0.3 is 4.74 Å². The van der Waals surface area contributed by atoms with Crippen molar-refractivity contribution >= 4 is 5.78 Å². The minimum atomic E-state index is -0.180. The lowest BCUT2D eigenvalue weighted by molar-refractivity contribution is -0.127. The molecule has 1 aromatic carbocycles. The van der Waals surface area contributed by atoms with E-state index in [2.05, 4.69) is 19.1 Å². The van der Waals surface area contributed by atoms with Crippen molar-refractivity contribution in [1.82, 2.24) is 0 Å². The molecule has 2 heteroatoms. The highest BCUT2D eigenvalue weighted by atomic mass is 16.5.